The summed E-state index contributed by atoms with van der Waals surface area (Å²) < 4.78 is 45.6. The summed E-state index contributed by atoms with van der Waals surface area (Å²) in [6, 6.07) is 13.6. The van der Waals surface area contributed by atoms with Crippen LogP contribution in [0.1, 0.15) is 55.2 Å². The van der Waals surface area contributed by atoms with Crippen LogP contribution in [-0.4, -0.2) is 47.7 Å². The molecule has 0 spiro atoms. The standard InChI is InChI=1S/C30H35F3N2O3/c1-20(24-8-3-4-9-27(24)30(31,32)33)13-16-35-17-14-22(26(19-35)29(36)37)7-5-6-21-12-15-34-28-11-10-23(38-2)18-25(21)28/h3-4,8-12,15,18,20,22,26H,5-7,13-14,16-17,19H2,1-2H3,(H,36,37)/t20?,22-,26+/m1/s1. The molecule has 1 aromatic heterocycles. The number of aromatic nitrogens is 1. The van der Waals surface area contributed by atoms with Crippen LogP contribution in [0.3, 0.4) is 0 Å². The number of carboxylic acids is 1. The van der Waals surface area contributed by atoms with E-state index in [2.05, 4.69) is 9.88 Å². The zero-order chi connectivity index (χ0) is 27.3. The van der Waals surface area contributed by atoms with Crippen LogP contribution in [0.4, 0.5) is 13.2 Å². The predicted molar refractivity (Wildman–Crippen MR) is 141 cm³/mol. The van der Waals surface area contributed by atoms with E-state index in [1.165, 1.54) is 11.6 Å². The van der Waals surface area contributed by atoms with Gasteiger partial charge < -0.3 is 14.7 Å². The number of fused-ring (bicyclic) bond motifs is 1. The molecule has 2 heterocycles. The second-order valence-electron chi connectivity index (χ2n) is 10.3. The molecule has 4 rings (SSSR count). The quantitative estimate of drug-likeness (QED) is 0.314. The van der Waals surface area contributed by atoms with Crippen molar-refractivity contribution in [3.05, 3.63) is 71.4 Å². The van der Waals surface area contributed by atoms with Gasteiger partial charge >= 0.3 is 12.1 Å². The molecule has 1 aliphatic rings. The van der Waals surface area contributed by atoms with Gasteiger partial charge in [-0.15, -0.1) is 0 Å². The van der Waals surface area contributed by atoms with E-state index in [0.717, 1.165) is 54.9 Å². The summed E-state index contributed by atoms with van der Waals surface area (Å²) >= 11 is 0. The fraction of sp³-hybridized carbons (Fsp3) is 0.467. The number of halogens is 3. The lowest BCUT2D eigenvalue weighted by Crippen LogP contribution is -2.44. The number of carbonyl (C=O) groups is 1. The van der Waals surface area contributed by atoms with Crippen LogP contribution < -0.4 is 4.74 Å². The highest BCUT2D eigenvalue weighted by molar-refractivity contribution is 5.83. The molecule has 1 saturated heterocycles. The SMILES string of the molecule is COc1ccc2nccc(CCC[C@@H]3CCN(CCC(C)c4ccccc4C(F)(F)F)C[C@@H]3C(=O)O)c2c1. The van der Waals surface area contributed by atoms with Crippen molar-refractivity contribution < 1.29 is 27.8 Å². The summed E-state index contributed by atoms with van der Waals surface area (Å²) in [4.78, 5) is 18.7. The number of benzene rings is 2. The van der Waals surface area contributed by atoms with Crippen molar-refractivity contribution in [2.75, 3.05) is 26.7 Å². The number of piperidine rings is 1. The first-order valence-electron chi connectivity index (χ1n) is 13.2. The van der Waals surface area contributed by atoms with Crippen LogP contribution in [0.15, 0.2) is 54.7 Å². The Kier molecular flexibility index (Phi) is 8.92. The van der Waals surface area contributed by atoms with E-state index in [4.69, 9.17) is 4.74 Å². The lowest BCUT2D eigenvalue weighted by molar-refractivity contribution is -0.146. The average Bonchev–Trinajstić information content (AvgIpc) is 2.91. The minimum absolute atomic E-state index is 0.0785. The molecule has 0 saturated carbocycles. The number of pyridine rings is 1. The van der Waals surface area contributed by atoms with Gasteiger partial charge in [-0.25, -0.2) is 0 Å². The van der Waals surface area contributed by atoms with Gasteiger partial charge in [0.25, 0.3) is 0 Å². The molecule has 1 unspecified atom stereocenters. The molecule has 3 aromatic rings. The largest absolute Gasteiger partial charge is 0.497 e. The van der Waals surface area contributed by atoms with Crippen molar-refractivity contribution in [3.8, 4) is 5.75 Å². The third-order valence-electron chi connectivity index (χ3n) is 7.89. The Morgan fingerprint density at radius 3 is 2.74 bits per heavy atom. The minimum Gasteiger partial charge on any atom is -0.497 e. The molecule has 8 heteroatoms. The number of hydrogen-bond acceptors (Lipinski definition) is 4. The molecular formula is C30H35F3N2O3. The van der Waals surface area contributed by atoms with E-state index < -0.39 is 23.6 Å². The second kappa shape index (κ2) is 12.2. The van der Waals surface area contributed by atoms with Crippen molar-refractivity contribution in [2.45, 2.75) is 51.1 Å². The fourth-order valence-electron chi connectivity index (χ4n) is 5.69. The van der Waals surface area contributed by atoms with Crippen molar-refractivity contribution in [1.29, 1.82) is 0 Å². The topological polar surface area (TPSA) is 62.7 Å². The van der Waals surface area contributed by atoms with Crippen molar-refractivity contribution >= 4 is 16.9 Å². The second-order valence-corrected chi connectivity index (χ2v) is 10.3. The van der Waals surface area contributed by atoms with E-state index in [0.29, 0.717) is 25.1 Å². The molecule has 5 nitrogen and oxygen atoms in total. The maximum atomic E-state index is 13.4. The summed E-state index contributed by atoms with van der Waals surface area (Å²) in [5.41, 5.74) is 1.79. The van der Waals surface area contributed by atoms with Crippen molar-refractivity contribution in [3.63, 3.8) is 0 Å². The number of likely N-dealkylation sites (tertiary alicyclic amines) is 1. The van der Waals surface area contributed by atoms with Crippen LogP contribution in [0, 0.1) is 11.8 Å². The molecular weight excluding hydrogens is 493 g/mol. The lowest BCUT2D eigenvalue weighted by Gasteiger charge is -2.37. The number of methoxy groups -OCH3 is 1. The maximum Gasteiger partial charge on any atom is 0.416 e. The third kappa shape index (κ3) is 6.65. The Bertz CT molecular complexity index is 1250. The first-order chi connectivity index (χ1) is 18.2. The van der Waals surface area contributed by atoms with Gasteiger partial charge in [0.15, 0.2) is 0 Å². The summed E-state index contributed by atoms with van der Waals surface area (Å²) in [6.45, 7) is 3.58. The van der Waals surface area contributed by atoms with Crippen molar-refractivity contribution in [2.24, 2.45) is 11.8 Å². The Balaban J connectivity index is 1.33. The monoisotopic (exact) mass is 528 g/mol. The van der Waals surface area contributed by atoms with E-state index in [9.17, 15) is 23.1 Å². The number of aliphatic carboxylic acids is 1. The molecule has 0 amide bonds. The van der Waals surface area contributed by atoms with Gasteiger partial charge in [-0.1, -0.05) is 25.1 Å². The predicted octanol–water partition coefficient (Wildman–Crippen LogP) is 6.80. The molecule has 0 radical (unpaired) electrons. The molecule has 0 bridgehead atoms. The minimum atomic E-state index is -4.38. The molecule has 2 aromatic carbocycles. The van der Waals surface area contributed by atoms with Gasteiger partial charge in [-0.2, -0.15) is 13.2 Å². The number of hydrogen-bond donors (Lipinski definition) is 1. The first kappa shape index (κ1) is 27.9. The highest BCUT2D eigenvalue weighted by atomic mass is 19.4. The molecule has 1 N–H and O–H groups in total. The van der Waals surface area contributed by atoms with Gasteiger partial charge in [0, 0.05) is 18.1 Å². The van der Waals surface area contributed by atoms with Crippen LogP contribution >= 0.6 is 0 Å². The van der Waals surface area contributed by atoms with E-state index in [-0.39, 0.29) is 11.8 Å². The van der Waals surface area contributed by atoms with Gasteiger partial charge in [0.05, 0.1) is 24.1 Å². The summed E-state index contributed by atoms with van der Waals surface area (Å²) in [5, 5.41) is 11.0. The van der Waals surface area contributed by atoms with Gasteiger partial charge in [0.2, 0.25) is 0 Å². The molecule has 0 aliphatic carbocycles. The molecule has 204 valence electrons. The summed E-state index contributed by atoms with van der Waals surface area (Å²) in [6.07, 6.45) is 1.25. The lowest BCUT2D eigenvalue weighted by atomic mass is 9.81. The van der Waals surface area contributed by atoms with E-state index in [1.54, 1.807) is 25.4 Å². The van der Waals surface area contributed by atoms with Crippen LogP contribution in [0.5, 0.6) is 5.75 Å². The Morgan fingerprint density at radius 1 is 1.21 bits per heavy atom. The van der Waals surface area contributed by atoms with Crippen molar-refractivity contribution in [1.82, 2.24) is 9.88 Å². The van der Waals surface area contributed by atoms with Gasteiger partial charge in [-0.05, 0) is 98.5 Å². The number of nitrogens with zero attached hydrogens (tertiary/aromatic N) is 2. The van der Waals surface area contributed by atoms with E-state index in [1.807, 2.05) is 31.2 Å². The smallest absolute Gasteiger partial charge is 0.416 e. The fourth-order valence-corrected chi connectivity index (χ4v) is 5.69. The van der Waals surface area contributed by atoms with Crippen LogP contribution in [-0.2, 0) is 17.4 Å². The number of carboxylic acid groups (broad SMARTS) is 1. The first-order valence-corrected chi connectivity index (χ1v) is 13.2. The Morgan fingerprint density at radius 2 is 2.00 bits per heavy atom. The molecule has 3 atom stereocenters. The highest BCUT2D eigenvalue weighted by Gasteiger charge is 2.36. The molecule has 38 heavy (non-hydrogen) atoms. The normalized spacial score (nSPS) is 19.4. The Hall–Kier alpha value is -3.13. The van der Waals surface area contributed by atoms with Gasteiger partial charge in [0.1, 0.15) is 5.75 Å². The zero-order valence-corrected chi connectivity index (χ0v) is 21.9. The highest BCUT2D eigenvalue weighted by Crippen LogP contribution is 2.36. The number of rotatable bonds is 10. The number of aryl methyl sites for hydroxylation is 1. The van der Waals surface area contributed by atoms with Gasteiger partial charge in [-0.3, -0.25) is 9.78 Å². The molecule has 1 aliphatic heterocycles. The summed E-state index contributed by atoms with van der Waals surface area (Å²) in [7, 11) is 1.64. The maximum absolute atomic E-state index is 13.4. The number of ether oxygens (including phenoxy) is 1. The summed E-state index contributed by atoms with van der Waals surface area (Å²) in [5.74, 6) is -0.691. The van der Waals surface area contributed by atoms with Crippen LogP contribution in [0.2, 0.25) is 0 Å². The van der Waals surface area contributed by atoms with Crippen LogP contribution in [0.25, 0.3) is 10.9 Å². The third-order valence-corrected chi connectivity index (χ3v) is 7.89. The zero-order valence-electron chi connectivity index (χ0n) is 21.9. The van der Waals surface area contributed by atoms with E-state index >= 15 is 0 Å². The average molecular weight is 529 g/mol. The Labute approximate surface area is 221 Å². The number of alkyl halides is 3. The molecule has 1 fully saturated rings.